The van der Waals surface area contributed by atoms with Crippen molar-refractivity contribution in [3.8, 4) is 11.5 Å². The van der Waals surface area contributed by atoms with Crippen LogP contribution >= 0.6 is 0 Å². The van der Waals surface area contributed by atoms with Crippen molar-refractivity contribution in [2.45, 2.75) is 116 Å². The Balaban J connectivity index is 0. The Morgan fingerprint density at radius 1 is 0.808 bits per heavy atom. The largest absolute Gasteiger partial charge is 0.504 e. The predicted molar refractivity (Wildman–Crippen MR) is 203 cm³/mol. The average Bonchev–Trinajstić information content (AvgIpc) is 3.10. The third kappa shape index (κ3) is 29.8. The number of benzene rings is 1. The third-order valence-corrected chi connectivity index (χ3v) is 9.10. The van der Waals surface area contributed by atoms with Gasteiger partial charge in [0.15, 0.2) is 16.7 Å². The number of aromatic hydroxyl groups is 1. The summed E-state index contributed by atoms with van der Waals surface area (Å²) in [7, 11) is 1.37. The van der Waals surface area contributed by atoms with Crippen LogP contribution in [0.25, 0.3) is 0 Å². The van der Waals surface area contributed by atoms with Gasteiger partial charge in [-0.1, -0.05) is 78.1 Å². The first-order valence-electron chi connectivity index (χ1n) is 18.8. The summed E-state index contributed by atoms with van der Waals surface area (Å²) in [5, 5.41) is 7.29. The van der Waals surface area contributed by atoms with Gasteiger partial charge in [0.1, 0.15) is 12.8 Å². The lowest BCUT2D eigenvalue weighted by Crippen LogP contribution is -2.42. The molecule has 304 valence electrons. The number of methoxy groups -OCH3 is 1. The van der Waals surface area contributed by atoms with Gasteiger partial charge in [0.25, 0.3) is 10.1 Å². The normalized spacial score (nSPS) is 11.7. The minimum atomic E-state index is -4.73. The molecule has 0 amide bonds. The van der Waals surface area contributed by atoms with Gasteiger partial charge in [0.2, 0.25) is 0 Å². The lowest BCUT2D eigenvalue weighted by Gasteiger charge is -2.27. The second-order valence-corrected chi connectivity index (χ2v) is 14.6. The number of nitrogens with zero attached hydrogens (tertiary/aromatic N) is 1. The van der Waals surface area contributed by atoms with E-state index in [4.69, 9.17) is 23.7 Å². The van der Waals surface area contributed by atoms with Crippen molar-refractivity contribution in [3.63, 3.8) is 0 Å². The zero-order valence-electron chi connectivity index (χ0n) is 33.1. The molecule has 0 fully saturated rings. The van der Waals surface area contributed by atoms with Crippen molar-refractivity contribution in [1.82, 2.24) is 0 Å². The number of quaternary nitrogens is 1. The van der Waals surface area contributed by atoms with Crippen LogP contribution in [-0.4, -0.2) is 120 Å². The number of carbonyl (C=O) groups excluding carboxylic acids is 3. The quantitative estimate of drug-likeness (QED) is 0.0301. The fraction of sp³-hybridized carbons (Fsp3) is 0.763. The van der Waals surface area contributed by atoms with Crippen LogP contribution in [0.2, 0.25) is 0 Å². The summed E-state index contributed by atoms with van der Waals surface area (Å²) in [5.41, 5.74) is 0.497. The Morgan fingerprint density at radius 2 is 1.37 bits per heavy atom. The number of phenolic OH excluding ortho intramolecular Hbond substituents is 1. The van der Waals surface area contributed by atoms with E-state index < -0.39 is 33.7 Å². The highest BCUT2D eigenvalue weighted by Crippen LogP contribution is 2.26. The first-order valence-corrected chi connectivity index (χ1v) is 20.3. The van der Waals surface area contributed by atoms with Gasteiger partial charge < -0.3 is 33.3 Å². The molecule has 1 unspecified atom stereocenters. The molecule has 0 heterocycles. The van der Waals surface area contributed by atoms with Crippen LogP contribution < -0.4 is 4.74 Å². The van der Waals surface area contributed by atoms with E-state index >= 15 is 0 Å². The first kappa shape index (κ1) is 51.3. The van der Waals surface area contributed by atoms with Gasteiger partial charge in [0, 0.05) is 12.7 Å². The molecule has 1 atom stereocenters. The molecule has 0 aliphatic heterocycles. The number of rotatable bonds is 28. The zero-order chi connectivity index (χ0) is 39.7. The highest BCUT2D eigenvalue weighted by atomic mass is 32.2. The van der Waals surface area contributed by atoms with Gasteiger partial charge >= 0.3 is 11.9 Å². The first-order chi connectivity index (χ1) is 24.7. The summed E-state index contributed by atoms with van der Waals surface area (Å²) in [6, 6.07) is 4.48. The molecule has 1 aromatic rings. The Kier molecular flexibility index (Phi) is 32.4. The molecular formula is C38H70NO12S+. The number of phenols is 1. The van der Waals surface area contributed by atoms with E-state index in [1.54, 1.807) is 7.11 Å². The minimum Gasteiger partial charge on any atom is -0.504 e. The minimum absolute atomic E-state index is 0.0578. The maximum atomic E-state index is 12.0. The molecule has 13 nitrogen and oxygen atoms in total. The van der Waals surface area contributed by atoms with Crippen molar-refractivity contribution in [3.05, 3.63) is 23.8 Å². The molecule has 0 bridgehead atoms. The molecule has 0 spiro atoms. The molecule has 0 aromatic heterocycles. The van der Waals surface area contributed by atoms with Crippen LogP contribution in [0.15, 0.2) is 18.2 Å². The van der Waals surface area contributed by atoms with Crippen LogP contribution in [0.1, 0.15) is 122 Å². The Labute approximate surface area is 314 Å². The molecule has 14 heteroatoms. The summed E-state index contributed by atoms with van der Waals surface area (Å²) >= 11 is 0. The van der Waals surface area contributed by atoms with Gasteiger partial charge in [0.05, 0.1) is 66.7 Å². The Morgan fingerprint density at radius 3 is 1.87 bits per heavy atom. The molecule has 0 saturated heterocycles. The van der Waals surface area contributed by atoms with E-state index in [-0.39, 0.29) is 19.0 Å². The maximum absolute atomic E-state index is 12.0. The highest BCUT2D eigenvalue weighted by Gasteiger charge is 2.35. The van der Waals surface area contributed by atoms with Crippen LogP contribution in [-0.2, 0) is 38.7 Å². The van der Waals surface area contributed by atoms with E-state index in [0.29, 0.717) is 50.3 Å². The summed E-state index contributed by atoms with van der Waals surface area (Å²) in [5.74, 6) is -1.52. The monoisotopic (exact) mass is 764 g/mol. The van der Waals surface area contributed by atoms with Gasteiger partial charge in [-0.25, -0.2) is 0 Å². The highest BCUT2D eigenvalue weighted by molar-refractivity contribution is 7.87. The molecule has 0 aliphatic carbocycles. The van der Waals surface area contributed by atoms with Crippen LogP contribution in [0, 0.1) is 0 Å². The average molecular weight is 765 g/mol. The molecule has 1 rings (SSSR count). The molecule has 52 heavy (non-hydrogen) atoms. The van der Waals surface area contributed by atoms with Crippen molar-refractivity contribution < 1.29 is 60.6 Å². The SMILES string of the molecule is CCCCCCCCOC(=O)CC(C(=O)OCCCCCCCC)S(=O)(=O)O.CCOc1cc(C=O)ccc1O.CC[N+](C)(C)CCOCCOC. The summed E-state index contributed by atoms with van der Waals surface area (Å²) < 4.78 is 58.4. The second-order valence-electron chi connectivity index (χ2n) is 13.0. The predicted octanol–water partition coefficient (Wildman–Crippen LogP) is 6.79. The van der Waals surface area contributed by atoms with E-state index in [1.807, 2.05) is 6.92 Å². The van der Waals surface area contributed by atoms with Crippen LogP contribution in [0.4, 0.5) is 0 Å². The number of aldehydes is 1. The number of esters is 2. The Bertz CT molecular complexity index is 1160. The lowest BCUT2D eigenvalue weighted by atomic mass is 10.1. The van der Waals surface area contributed by atoms with E-state index in [0.717, 1.165) is 82.0 Å². The molecular weight excluding hydrogens is 694 g/mol. The number of hydrogen-bond acceptors (Lipinski definition) is 11. The zero-order valence-corrected chi connectivity index (χ0v) is 33.9. The number of ether oxygens (including phenoxy) is 5. The number of hydrogen-bond donors (Lipinski definition) is 2. The summed E-state index contributed by atoms with van der Waals surface area (Å²) in [6.45, 7) is 13.4. The van der Waals surface area contributed by atoms with Gasteiger partial charge in [-0.05, 0) is 44.9 Å². The topological polar surface area (TPSA) is 172 Å². The molecule has 0 aliphatic rings. The van der Waals surface area contributed by atoms with Crippen molar-refractivity contribution >= 4 is 28.3 Å². The fourth-order valence-electron chi connectivity index (χ4n) is 4.33. The number of unbranched alkanes of at least 4 members (excludes halogenated alkanes) is 10. The van der Waals surface area contributed by atoms with Gasteiger partial charge in [-0.3, -0.25) is 18.9 Å². The maximum Gasteiger partial charge on any atom is 0.327 e. The third-order valence-electron chi connectivity index (χ3n) is 8.03. The van der Waals surface area contributed by atoms with E-state index in [2.05, 4.69) is 34.9 Å². The second kappa shape index (κ2) is 32.8. The van der Waals surface area contributed by atoms with Crippen molar-refractivity contribution in [1.29, 1.82) is 0 Å². The summed E-state index contributed by atoms with van der Waals surface area (Å²) in [4.78, 5) is 34.1. The van der Waals surface area contributed by atoms with E-state index in [1.165, 1.54) is 24.6 Å². The standard InChI is InChI=1S/C20H38O7S.C9H22NO2.C9H10O3/c1-3-5-7-9-11-13-15-26-19(21)17-18(28(23,24)25)20(22)27-16-14-12-10-8-6-4-2;1-5-10(2,3)6-7-12-9-8-11-4;1-2-12-9-5-7(6-10)3-4-8(9)11/h18H,3-17H2,1-2H3,(H,23,24,25);5-9H2,1-4H3;3-6,11H,2H2,1H3/q;+1;. The van der Waals surface area contributed by atoms with Gasteiger partial charge in [-0.2, -0.15) is 8.42 Å². The molecule has 2 N–H and O–H groups in total. The summed E-state index contributed by atoms with van der Waals surface area (Å²) in [6.07, 6.45) is 12.1. The number of carbonyl (C=O) groups is 3. The fourth-order valence-corrected chi connectivity index (χ4v) is 4.98. The van der Waals surface area contributed by atoms with Crippen molar-refractivity contribution in [2.75, 3.05) is 73.9 Å². The van der Waals surface area contributed by atoms with E-state index in [9.17, 15) is 32.5 Å². The van der Waals surface area contributed by atoms with Crippen molar-refractivity contribution in [2.24, 2.45) is 0 Å². The lowest BCUT2D eigenvalue weighted by molar-refractivity contribution is -0.888. The molecule has 0 saturated carbocycles. The smallest absolute Gasteiger partial charge is 0.327 e. The Hall–Kier alpha value is -2.78. The molecule has 0 radical (unpaired) electrons. The van der Waals surface area contributed by atoms with Crippen LogP contribution in [0.3, 0.4) is 0 Å². The van der Waals surface area contributed by atoms with Gasteiger partial charge in [-0.15, -0.1) is 0 Å². The number of likely N-dealkylation sites (N-methyl/N-ethyl adjacent to an activating group) is 1. The van der Waals surface area contributed by atoms with Crippen LogP contribution in [0.5, 0.6) is 11.5 Å². The molecule has 1 aromatic carbocycles.